The molecule has 1 N–H and O–H groups in total. The van der Waals surface area contributed by atoms with Crippen molar-refractivity contribution in [1.82, 2.24) is 14.8 Å². The monoisotopic (exact) mass is 366 g/mol. The number of aryl methyl sites for hydroxylation is 2. The van der Waals surface area contributed by atoms with Gasteiger partial charge in [-0.2, -0.15) is 5.10 Å². The normalized spacial score (nSPS) is 11.0. The number of amides is 1. The third-order valence-electron chi connectivity index (χ3n) is 3.89. The zero-order valence-corrected chi connectivity index (χ0v) is 14.8. The van der Waals surface area contributed by atoms with Gasteiger partial charge in [0.05, 0.1) is 5.39 Å². The molecule has 4 rings (SSSR count). The van der Waals surface area contributed by atoms with E-state index in [2.05, 4.69) is 15.4 Å². The van der Waals surface area contributed by atoms with Gasteiger partial charge in [0.15, 0.2) is 16.6 Å². The minimum Gasteiger partial charge on any atom is -0.460 e. The number of thiazole rings is 1. The summed E-state index contributed by atoms with van der Waals surface area (Å²) in [6, 6.07) is 10.6. The summed E-state index contributed by atoms with van der Waals surface area (Å²) in [6.07, 6.45) is 0. The molecule has 0 spiro atoms. The summed E-state index contributed by atoms with van der Waals surface area (Å²) in [7, 11) is 1.52. The Hall–Kier alpha value is -3.26. The SMILES string of the molecule is Cc1ccc(-c2csc(NC(=O)c3nn(C)c(=O)c4ccccc34)n2)o1. The van der Waals surface area contributed by atoms with Crippen molar-refractivity contribution in [3.8, 4) is 11.5 Å². The van der Waals surface area contributed by atoms with Crippen LogP contribution in [0.4, 0.5) is 5.13 Å². The molecule has 4 aromatic rings. The van der Waals surface area contributed by atoms with Crippen molar-refractivity contribution in [3.05, 3.63) is 63.6 Å². The van der Waals surface area contributed by atoms with Gasteiger partial charge < -0.3 is 4.42 Å². The van der Waals surface area contributed by atoms with Crippen molar-refractivity contribution >= 4 is 33.1 Å². The molecular weight excluding hydrogens is 352 g/mol. The molecule has 1 amide bonds. The van der Waals surface area contributed by atoms with E-state index in [4.69, 9.17) is 4.42 Å². The Morgan fingerprint density at radius 2 is 1.96 bits per heavy atom. The number of hydrogen-bond acceptors (Lipinski definition) is 6. The molecule has 8 heteroatoms. The fourth-order valence-corrected chi connectivity index (χ4v) is 3.34. The van der Waals surface area contributed by atoms with Crippen LogP contribution in [0.2, 0.25) is 0 Å². The van der Waals surface area contributed by atoms with E-state index in [0.717, 1.165) is 10.4 Å². The van der Waals surface area contributed by atoms with Crippen LogP contribution >= 0.6 is 11.3 Å². The zero-order valence-electron chi connectivity index (χ0n) is 14.0. The number of aromatic nitrogens is 3. The second kappa shape index (κ2) is 6.23. The predicted octanol–water partition coefficient (Wildman–Crippen LogP) is 3.21. The van der Waals surface area contributed by atoms with Gasteiger partial charge in [-0.25, -0.2) is 9.67 Å². The first-order valence-electron chi connectivity index (χ1n) is 7.82. The molecule has 3 heterocycles. The van der Waals surface area contributed by atoms with E-state index in [1.807, 2.05) is 19.1 Å². The second-order valence-corrected chi connectivity index (χ2v) is 6.58. The summed E-state index contributed by atoms with van der Waals surface area (Å²) >= 11 is 1.29. The predicted molar refractivity (Wildman–Crippen MR) is 99.5 cm³/mol. The first-order valence-corrected chi connectivity index (χ1v) is 8.70. The number of nitrogens with zero attached hydrogens (tertiary/aromatic N) is 3. The summed E-state index contributed by atoms with van der Waals surface area (Å²) < 4.78 is 6.70. The van der Waals surface area contributed by atoms with Crippen LogP contribution in [0, 0.1) is 6.92 Å². The van der Waals surface area contributed by atoms with Crippen molar-refractivity contribution in [2.24, 2.45) is 7.05 Å². The quantitative estimate of drug-likeness (QED) is 0.601. The van der Waals surface area contributed by atoms with E-state index in [1.54, 1.807) is 29.6 Å². The van der Waals surface area contributed by atoms with Gasteiger partial charge in [-0.3, -0.25) is 14.9 Å². The van der Waals surface area contributed by atoms with E-state index >= 15 is 0 Å². The van der Waals surface area contributed by atoms with Crippen molar-refractivity contribution in [2.75, 3.05) is 5.32 Å². The van der Waals surface area contributed by atoms with Crippen LogP contribution in [-0.4, -0.2) is 20.7 Å². The van der Waals surface area contributed by atoms with Crippen molar-refractivity contribution in [3.63, 3.8) is 0 Å². The number of rotatable bonds is 3. The first-order chi connectivity index (χ1) is 12.5. The van der Waals surface area contributed by atoms with Gasteiger partial charge in [-0.15, -0.1) is 11.3 Å². The Morgan fingerprint density at radius 1 is 1.19 bits per heavy atom. The molecule has 0 aliphatic carbocycles. The molecular formula is C18H14N4O3S. The van der Waals surface area contributed by atoms with E-state index in [-0.39, 0.29) is 11.3 Å². The number of carbonyl (C=O) groups is 1. The van der Waals surface area contributed by atoms with Gasteiger partial charge in [-0.05, 0) is 25.1 Å². The summed E-state index contributed by atoms with van der Waals surface area (Å²) in [5, 5.41) is 10.0. The fourth-order valence-electron chi connectivity index (χ4n) is 2.64. The van der Waals surface area contributed by atoms with Crippen LogP contribution in [-0.2, 0) is 7.05 Å². The lowest BCUT2D eigenvalue weighted by atomic mass is 10.1. The Balaban J connectivity index is 1.67. The smallest absolute Gasteiger partial charge is 0.278 e. The third kappa shape index (κ3) is 2.80. The van der Waals surface area contributed by atoms with Gasteiger partial charge >= 0.3 is 0 Å². The van der Waals surface area contributed by atoms with Crippen LogP contribution in [0.25, 0.3) is 22.2 Å². The molecule has 26 heavy (non-hydrogen) atoms. The Kier molecular flexibility index (Phi) is 3.89. The average Bonchev–Trinajstić information content (AvgIpc) is 3.27. The van der Waals surface area contributed by atoms with Crippen molar-refractivity contribution in [1.29, 1.82) is 0 Å². The van der Waals surface area contributed by atoms with Crippen LogP contribution in [0.3, 0.4) is 0 Å². The van der Waals surface area contributed by atoms with Crippen LogP contribution < -0.4 is 10.9 Å². The number of anilines is 1. The molecule has 0 bridgehead atoms. The highest BCUT2D eigenvalue weighted by atomic mass is 32.1. The molecule has 0 saturated heterocycles. The largest absolute Gasteiger partial charge is 0.460 e. The number of nitrogens with one attached hydrogen (secondary N) is 1. The molecule has 0 aliphatic heterocycles. The Bertz CT molecular complexity index is 1190. The highest BCUT2D eigenvalue weighted by Crippen LogP contribution is 2.26. The molecule has 0 unspecified atom stereocenters. The summed E-state index contributed by atoms with van der Waals surface area (Å²) in [5.74, 6) is 1.01. The second-order valence-electron chi connectivity index (χ2n) is 5.73. The van der Waals surface area contributed by atoms with Crippen molar-refractivity contribution < 1.29 is 9.21 Å². The summed E-state index contributed by atoms with van der Waals surface area (Å²) in [5.41, 5.74) is 0.576. The minimum absolute atomic E-state index is 0.174. The molecule has 0 aliphatic rings. The lowest BCUT2D eigenvalue weighted by molar-refractivity contribution is 0.102. The average molecular weight is 366 g/mol. The lowest BCUT2D eigenvalue weighted by Gasteiger charge is -2.07. The molecule has 1 aromatic carbocycles. The van der Waals surface area contributed by atoms with E-state index in [1.165, 1.54) is 18.4 Å². The molecule has 3 aromatic heterocycles. The fraction of sp³-hybridized carbons (Fsp3) is 0.111. The van der Waals surface area contributed by atoms with E-state index in [0.29, 0.717) is 27.4 Å². The van der Waals surface area contributed by atoms with Crippen LogP contribution in [0.15, 0.2) is 51.0 Å². The number of fused-ring (bicyclic) bond motifs is 1. The third-order valence-corrected chi connectivity index (χ3v) is 4.65. The maximum absolute atomic E-state index is 12.7. The van der Waals surface area contributed by atoms with Gasteiger partial charge in [0, 0.05) is 17.8 Å². The topological polar surface area (TPSA) is 90.0 Å². The van der Waals surface area contributed by atoms with E-state index < -0.39 is 5.91 Å². The summed E-state index contributed by atoms with van der Waals surface area (Å²) in [6.45, 7) is 1.86. The Labute approximate surface area is 151 Å². The minimum atomic E-state index is -0.423. The zero-order chi connectivity index (χ0) is 18.3. The molecule has 0 radical (unpaired) electrons. The molecule has 7 nitrogen and oxygen atoms in total. The highest BCUT2D eigenvalue weighted by Gasteiger charge is 2.17. The van der Waals surface area contributed by atoms with Crippen LogP contribution in [0.5, 0.6) is 0 Å². The first kappa shape index (κ1) is 16.2. The number of furan rings is 1. The molecule has 130 valence electrons. The number of hydrogen-bond donors (Lipinski definition) is 1. The maximum Gasteiger partial charge on any atom is 0.278 e. The van der Waals surface area contributed by atoms with Gasteiger partial charge in [-0.1, -0.05) is 18.2 Å². The summed E-state index contributed by atoms with van der Waals surface area (Å²) in [4.78, 5) is 29.2. The van der Waals surface area contributed by atoms with Gasteiger partial charge in [0.2, 0.25) is 0 Å². The van der Waals surface area contributed by atoms with Gasteiger partial charge in [0.25, 0.3) is 11.5 Å². The van der Waals surface area contributed by atoms with Crippen LogP contribution in [0.1, 0.15) is 16.2 Å². The van der Waals surface area contributed by atoms with Gasteiger partial charge in [0.1, 0.15) is 11.5 Å². The number of carbonyl (C=O) groups excluding carboxylic acids is 1. The number of benzene rings is 1. The maximum atomic E-state index is 12.7. The molecule has 0 saturated carbocycles. The van der Waals surface area contributed by atoms with Crippen molar-refractivity contribution in [2.45, 2.75) is 6.92 Å². The molecule has 0 atom stereocenters. The standard InChI is InChI=1S/C18H14N4O3S/c1-10-7-8-14(25-10)13-9-26-18(19-13)20-16(23)15-11-5-3-4-6-12(11)17(24)22(2)21-15/h3-9H,1-2H3,(H,19,20,23). The highest BCUT2D eigenvalue weighted by molar-refractivity contribution is 7.14. The molecule has 0 fully saturated rings. The Morgan fingerprint density at radius 3 is 2.69 bits per heavy atom. The lowest BCUT2D eigenvalue weighted by Crippen LogP contribution is -2.25. The van der Waals surface area contributed by atoms with E-state index in [9.17, 15) is 9.59 Å².